The van der Waals surface area contributed by atoms with E-state index in [0.717, 1.165) is 10.1 Å². The van der Waals surface area contributed by atoms with Gasteiger partial charge in [-0.3, -0.25) is 9.59 Å². The molecule has 1 aliphatic heterocycles. The second-order valence-corrected chi connectivity index (χ2v) is 8.09. The van der Waals surface area contributed by atoms with Gasteiger partial charge < -0.3 is 9.80 Å². The Morgan fingerprint density at radius 3 is 2.25 bits per heavy atom. The Bertz CT molecular complexity index is 1050. The molecule has 0 bridgehead atoms. The van der Waals surface area contributed by atoms with Gasteiger partial charge in [-0.2, -0.15) is 0 Å². The third kappa shape index (κ3) is 3.50. The minimum atomic E-state index is -0.526. The molecule has 1 aliphatic rings. The summed E-state index contributed by atoms with van der Waals surface area (Å²) < 4.78 is 14.9. The van der Waals surface area contributed by atoms with Gasteiger partial charge in [0.15, 0.2) is 0 Å². The Labute approximate surface area is 171 Å². The van der Waals surface area contributed by atoms with E-state index in [9.17, 15) is 14.0 Å². The highest BCUT2D eigenvalue weighted by Crippen LogP contribution is 2.36. The highest BCUT2D eigenvalue weighted by Gasteiger charge is 2.27. The van der Waals surface area contributed by atoms with Crippen LogP contribution >= 0.6 is 22.9 Å². The predicted molar refractivity (Wildman–Crippen MR) is 110 cm³/mol. The molecule has 0 radical (unpaired) electrons. The molecule has 28 heavy (non-hydrogen) atoms. The van der Waals surface area contributed by atoms with E-state index in [1.54, 1.807) is 21.9 Å². The van der Waals surface area contributed by atoms with Crippen molar-refractivity contribution < 1.29 is 14.0 Å². The van der Waals surface area contributed by atoms with E-state index in [4.69, 9.17) is 11.6 Å². The van der Waals surface area contributed by atoms with Gasteiger partial charge in [-0.1, -0.05) is 41.9 Å². The van der Waals surface area contributed by atoms with Crippen molar-refractivity contribution in [2.45, 2.75) is 6.42 Å². The molecule has 1 saturated heterocycles. The highest BCUT2D eigenvalue weighted by molar-refractivity contribution is 7.21. The fraction of sp³-hybridized carbons (Fsp3) is 0.238. The second-order valence-electron chi connectivity index (χ2n) is 6.66. The summed E-state index contributed by atoms with van der Waals surface area (Å²) in [6.45, 7) is 1.77. The van der Waals surface area contributed by atoms with E-state index in [1.807, 2.05) is 24.3 Å². The van der Waals surface area contributed by atoms with Crippen molar-refractivity contribution in [1.29, 1.82) is 0 Å². The van der Waals surface area contributed by atoms with Gasteiger partial charge in [-0.15, -0.1) is 11.3 Å². The predicted octanol–water partition coefficient (Wildman–Crippen LogP) is 4.68. The molecule has 4 nitrogen and oxygen atoms in total. The number of hydrogen-bond acceptors (Lipinski definition) is 3. The topological polar surface area (TPSA) is 40.6 Å². The van der Waals surface area contributed by atoms with Gasteiger partial charge in [0, 0.05) is 36.3 Å². The van der Waals surface area contributed by atoms with E-state index >= 15 is 0 Å². The van der Waals surface area contributed by atoms with Gasteiger partial charge in [-0.25, -0.2) is 4.39 Å². The van der Waals surface area contributed by atoms with E-state index < -0.39 is 5.82 Å². The maximum absolute atomic E-state index is 13.9. The minimum Gasteiger partial charge on any atom is -0.337 e. The van der Waals surface area contributed by atoms with Gasteiger partial charge in [0.05, 0.1) is 10.6 Å². The smallest absolute Gasteiger partial charge is 0.265 e. The van der Waals surface area contributed by atoms with Crippen molar-refractivity contribution in [2.24, 2.45) is 0 Å². The molecule has 0 unspecified atom stereocenters. The Hall–Kier alpha value is -2.44. The maximum Gasteiger partial charge on any atom is 0.265 e. The quantitative estimate of drug-likeness (QED) is 0.608. The Balaban J connectivity index is 1.50. The van der Waals surface area contributed by atoms with Crippen LogP contribution < -0.4 is 0 Å². The fourth-order valence-corrected chi connectivity index (χ4v) is 4.90. The zero-order valence-corrected chi connectivity index (χ0v) is 16.6. The number of thiophene rings is 1. The van der Waals surface area contributed by atoms with Crippen molar-refractivity contribution in [2.75, 3.05) is 26.2 Å². The second kappa shape index (κ2) is 7.89. The minimum absolute atomic E-state index is 0.0647. The summed E-state index contributed by atoms with van der Waals surface area (Å²) >= 11 is 7.83. The zero-order valence-electron chi connectivity index (χ0n) is 15.0. The van der Waals surface area contributed by atoms with Gasteiger partial charge in [0.25, 0.3) is 11.8 Å². The Kier molecular flexibility index (Phi) is 5.33. The molecule has 0 saturated carbocycles. The van der Waals surface area contributed by atoms with E-state index in [2.05, 4.69) is 0 Å². The first-order valence-electron chi connectivity index (χ1n) is 9.06. The molecule has 2 aromatic carbocycles. The van der Waals surface area contributed by atoms with Crippen molar-refractivity contribution in [1.82, 2.24) is 9.80 Å². The normalized spacial score (nSPS) is 14.9. The van der Waals surface area contributed by atoms with Crippen LogP contribution in [0.2, 0.25) is 5.02 Å². The van der Waals surface area contributed by atoms with Crippen molar-refractivity contribution in [3.8, 4) is 0 Å². The van der Waals surface area contributed by atoms with Crippen LogP contribution in [0.25, 0.3) is 10.1 Å². The largest absolute Gasteiger partial charge is 0.337 e. The maximum atomic E-state index is 13.9. The number of carbonyl (C=O) groups excluding carboxylic acids is 2. The summed E-state index contributed by atoms with van der Waals surface area (Å²) in [6.07, 6.45) is 0.633. The molecule has 3 aromatic rings. The summed E-state index contributed by atoms with van der Waals surface area (Å²) in [5, 5.41) is 1.36. The Morgan fingerprint density at radius 1 is 0.893 bits per heavy atom. The van der Waals surface area contributed by atoms with Crippen LogP contribution in [0, 0.1) is 5.82 Å². The third-order valence-corrected chi connectivity index (χ3v) is 6.57. The molecule has 4 rings (SSSR count). The molecule has 0 atom stereocenters. The number of fused-ring (bicyclic) bond motifs is 1. The number of rotatable bonds is 2. The molecule has 144 valence electrons. The summed E-state index contributed by atoms with van der Waals surface area (Å²) in [5.41, 5.74) is 0.0647. The van der Waals surface area contributed by atoms with Crippen molar-refractivity contribution >= 4 is 44.8 Å². The van der Waals surface area contributed by atoms with E-state index in [0.29, 0.717) is 42.5 Å². The zero-order chi connectivity index (χ0) is 19.7. The van der Waals surface area contributed by atoms with Gasteiger partial charge in [0.1, 0.15) is 10.7 Å². The average Bonchev–Trinajstić information content (AvgIpc) is 2.89. The number of nitrogens with zero attached hydrogens (tertiary/aromatic N) is 2. The van der Waals surface area contributed by atoms with Crippen LogP contribution in [0.5, 0.6) is 0 Å². The highest BCUT2D eigenvalue weighted by atomic mass is 35.5. The first kappa shape index (κ1) is 18.9. The molecule has 7 heteroatoms. The molecule has 0 N–H and O–H groups in total. The molecule has 2 amide bonds. The van der Waals surface area contributed by atoms with Crippen LogP contribution in [0.3, 0.4) is 0 Å². The lowest BCUT2D eigenvalue weighted by atomic mass is 10.2. The van der Waals surface area contributed by atoms with Crippen LogP contribution in [0.4, 0.5) is 4.39 Å². The van der Waals surface area contributed by atoms with E-state index in [-0.39, 0.29) is 17.4 Å². The molecule has 1 aromatic heterocycles. The monoisotopic (exact) mass is 416 g/mol. The van der Waals surface area contributed by atoms with Crippen LogP contribution in [-0.2, 0) is 0 Å². The summed E-state index contributed by atoms with van der Waals surface area (Å²) in [7, 11) is 0. The molecular formula is C21H18ClFN2O2S. The summed E-state index contributed by atoms with van der Waals surface area (Å²) in [5.74, 6) is -0.986. The van der Waals surface area contributed by atoms with Crippen LogP contribution in [-0.4, -0.2) is 47.8 Å². The summed E-state index contributed by atoms with van der Waals surface area (Å²) in [6, 6.07) is 13.6. The van der Waals surface area contributed by atoms with Gasteiger partial charge >= 0.3 is 0 Å². The fourth-order valence-electron chi connectivity index (χ4n) is 3.42. The number of halogens is 2. The molecule has 1 fully saturated rings. The number of amides is 2. The lowest BCUT2D eigenvalue weighted by Crippen LogP contribution is -2.37. The van der Waals surface area contributed by atoms with Gasteiger partial charge in [0.2, 0.25) is 0 Å². The number of benzene rings is 2. The first-order chi connectivity index (χ1) is 13.6. The van der Waals surface area contributed by atoms with Crippen LogP contribution in [0.1, 0.15) is 26.5 Å². The first-order valence-corrected chi connectivity index (χ1v) is 10.3. The number of hydrogen-bond donors (Lipinski definition) is 0. The van der Waals surface area contributed by atoms with Crippen molar-refractivity contribution in [3.63, 3.8) is 0 Å². The average molecular weight is 417 g/mol. The Morgan fingerprint density at radius 2 is 1.54 bits per heavy atom. The van der Waals surface area contributed by atoms with Crippen LogP contribution in [0.15, 0.2) is 48.5 Å². The summed E-state index contributed by atoms with van der Waals surface area (Å²) in [4.78, 5) is 29.5. The van der Waals surface area contributed by atoms with Crippen molar-refractivity contribution in [3.05, 3.63) is 69.8 Å². The third-order valence-electron chi connectivity index (χ3n) is 4.90. The molecule has 0 aliphatic carbocycles. The standard InChI is InChI=1S/C21H18ClFN2O2S/c22-18-15-7-2-4-9-17(15)28-19(18)21(27)25-11-5-10-24(12-13-25)20(26)14-6-1-3-8-16(14)23/h1-4,6-9H,5,10-13H2. The lowest BCUT2D eigenvalue weighted by molar-refractivity contribution is 0.0718. The SMILES string of the molecule is O=C(c1ccccc1F)N1CCCN(C(=O)c2sc3ccccc3c2Cl)CC1. The van der Waals surface area contributed by atoms with E-state index in [1.165, 1.54) is 23.5 Å². The molecule has 0 spiro atoms. The molecular weight excluding hydrogens is 399 g/mol. The van der Waals surface area contributed by atoms with Gasteiger partial charge in [-0.05, 0) is 24.6 Å². The molecule has 2 heterocycles. The lowest BCUT2D eigenvalue weighted by Gasteiger charge is -2.22. The number of carbonyl (C=O) groups is 2.